The SMILES string of the molecule is CCOC(=O)C1C(c2cccc(Oc3ccccc3)c2)NC(=S)NC1(O)C(F)(F)F. The van der Waals surface area contributed by atoms with E-state index in [0.29, 0.717) is 11.5 Å². The second-order valence-electron chi connectivity index (χ2n) is 6.56. The van der Waals surface area contributed by atoms with Crippen molar-refractivity contribution in [1.29, 1.82) is 0 Å². The minimum atomic E-state index is -5.20. The van der Waals surface area contributed by atoms with Crippen LogP contribution < -0.4 is 15.4 Å². The van der Waals surface area contributed by atoms with Gasteiger partial charge in [-0.25, -0.2) is 0 Å². The zero-order chi connectivity index (χ0) is 21.9. The molecule has 0 saturated carbocycles. The summed E-state index contributed by atoms with van der Waals surface area (Å²) in [6.07, 6.45) is -5.20. The second-order valence-corrected chi connectivity index (χ2v) is 6.97. The van der Waals surface area contributed by atoms with Gasteiger partial charge in [0.2, 0.25) is 0 Å². The summed E-state index contributed by atoms with van der Waals surface area (Å²) in [5, 5.41) is 14.5. The fourth-order valence-corrected chi connectivity index (χ4v) is 3.49. The quantitative estimate of drug-likeness (QED) is 0.486. The lowest BCUT2D eigenvalue weighted by atomic mass is 9.82. The van der Waals surface area contributed by atoms with E-state index in [2.05, 4.69) is 5.32 Å². The topological polar surface area (TPSA) is 79.8 Å². The molecule has 1 fully saturated rings. The first-order chi connectivity index (χ1) is 14.2. The Balaban J connectivity index is 2.02. The third kappa shape index (κ3) is 4.34. The van der Waals surface area contributed by atoms with Crippen LogP contribution in [0.5, 0.6) is 11.5 Å². The number of ether oxygens (including phenoxy) is 2. The van der Waals surface area contributed by atoms with Crippen molar-refractivity contribution in [2.45, 2.75) is 24.9 Å². The van der Waals surface area contributed by atoms with Gasteiger partial charge in [0.25, 0.3) is 5.72 Å². The number of hydrogen-bond acceptors (Lipinski definition) is 5. The molecule has 6 nitrogen and oxygen atoms in total. The van der Waals surface area contributed by atoms with Crippen molar-refractivity contribution in [2.24, 2.45) is 5.92 Å². The molecule has 0 radical (unpaired) electrons. The molecule has 0 bridgehead atoms. The first-order valence-electron chi connectivity index (χ1n) is 9.03. The summed E-state index contributed by atoms with van der Waals surface area (Å²) >= 11 is 4.88. The van der Waals surface area contributed by atoms with E-state index >= 15 is 0 Å². The van der Waals surface area contributed by atoms with Crippen molar-refractivity contribution in [2.75, 3.05) is 6.61 Å². The first-order valence-corrected chi connectivity index (χ1v) is 9.44. The van der Waals surface area contributed by atoms with Crippen LogP contribution in [0.3, 0.4) is 0 Å². The van der Waals surface area contributed by atoms with Gasteiger partial charge in [0, 0.05) is 0 Å². The fraction of sp³-hybridized carbons (Fsp3) is 0.300. The van der Waals surface area contributed by atoms with E-state index < -0.39 is 34.9 Å². The molecule has 0 aromatic heterocycles. The second kappa shape index (κ2) is 8.49. The summed E-state index contributed by atoms with van der Waals surface area (Å²) in [6, 6.07) is 13.6. The summed E-state index contributed by atoms with van der Waals surface area (Å²) in [5.41, 5.74) is -3.35. The van der Waals surface area contributed by atoms with Crippen LogP contribution >= 0.6 is 12.2 Å². The van der Waals surface area contributed by atoms with Crippen molar-refractivity contribution in [3.8, 4) is 11.5 Å². The number of halogens is 3. The van der Waals surface area contributed by atoms with Crippen molar-refractivity contribution in [3.05, 3.63) is 60.2 Å². The Morgan fingerprint density at radius 2 is 1.83 bits per heavy atom. The molecule has 2 aromatic carbocycles. The summed E-state index contributed by atoms with van der Waals surface area (Å²) in [5.74, 6) is -2.42. The lowest BCUT2D eigenvalue weighted by molar-refractivity contribution is -0.292. The molecule has 3 N–H and O–H groups in total. The van der Waals surface area contributed by atoms with E-state index in [-0.39, 0.29) is 12.2 Å². The van der Waals surface area contributed by atoms with E-state index in [0.717, 1.165) is 0 Å². The van der Waals surface area contributed by atoms with Crippen LogP contribution in [-0.4, -0.2) is 34.7 Å². The van der Waals surface area contributed by atoms with Crippen LogP contribution in [0.1, 0.15) is 18.5 Å². The molecule has 1 aliphatic heterocycles. The maximum Gasteiger partial charge on any atom is 0.437 e. The standard InChI is InChI=1S/C20H19F3N2O4S/c1-2-28-17(26)15-16(24-18(30)25-19(15,27)20(21,22)23)12-7-6-10-14(11-12)29-13-8-4-3-5-9-13/h3-11,15-16,27H,2H2,1H3,(H2,24,25,30). The van der Waals surface area contributed by atoms with Crippen LogP contribution in [0, 0.1) is 5.92 Å². The monoisotopic (exact) mass is 440 g/mol. The summed E-state index contributed by atoms with van der Waals surface area (Å²) < 4.78 is 51.9. The Kier molecular flexibility index (Phi) is 6.18. The summed E-state index contributed by atoms with van der Waals surface area (Å²) in [6.45, 7) is 1.31. The highest BCUT2D eigenvalue weighted by molar-refractivity contribution is 7.80. The third-order valence-electron chi connectivity index (χ3n) is 4.54. The zero-order valence-electron chi connectivity index (χ0n) is 15.8. The Morgan fingerprint density at radius 3 is 2.47 bits per heavy atom. The van der Waals surface area contributed by atoms with E-state index in [1.54, 1.807) is 41.7 Å². The maximum absolute atomic E-state index is 13.8. The normalized spacial score (nSPS) is 23.8. The van der Waals surface area contributed by atoms with E-state index in [1.807, 2.05) is 6.07 Å². The van der Waals surface area contributed by atoms with Gasteiger partial charge in [-0.3, -0.25) is 4.79 Å². The summed E-state index contributed by atoms with van der Waals surface area (Å²) in [4.78, 5) is 12.5. The molecule has 0 spiro atoms. The van der Waals surface area contributed by atoms with E-state index in [1.165, 1.54) is 19.1 Å². The lowest BCUT2D eigenvalue weighted by Gasteiger charge is -2.45. The number of carbonyl (C=O) groups is 1. The molecule has 1 heterocycles. The third-order valence-corrected chi connectivity index (χ3v) is 4.76. The van der Waals surface area contributed by atoms with Crippen LogP contribution in [0.2, 0.25) is 0 Å². The van der Waals surface area contributed by atoms with Crippen molar-refractivity contribution in [3.63, 3.8) is 0 Å². The first kappa shape index (κ1) is 21.8. The Bertz CT molecular complexity index is 926. The predicted octanol–water partition coefficient (Wildman–Crippen LogP) is 3.43. The molecular weight excluding hydrogens is 421 g/mol. The molecule has 2 aromatic rings. The fourth-order valence-electron chi connectivity index (χ4n) is 3.21. The van der Waals surface area contributed by atoms with Gasteiger partial charge < -0.3 is 25.2 Å². The van der Waals surface area contributed by atoms with Crippen LogP contribution in [0.4, 0.5) is 13.2 Å². The number of esters is 1. The largest absolute Gasteiger partial charge is 0.466 e. The lowest BCUT2D eigenvalue weighted by Crippen LogP contribution is -2.73. The molecule has 3 atom stereocenters. The molecule has 3 rings (SSSR count). The maximum atomic E-state index is 13.8. The van der Waals surface area contributed by atoms with Crippen LogP contribution in [0.15, 0.2) is 54.6 Å². The van der Waals surface area contributed by atoms with Gasteiger partial charge in [0.05, 0.1) is 12.6 Å². The average molecular weight is 440 g/mol. The minimum Gasteiger partial charge on any atom is -0.466 e. The minimum absolute atomic E-state index is 0.155. The highest BCUT2D eigenvalue weighted by atomic mass is 32.1. The Morgan fingerprint density at radius 1 is 1.17 bits per heavy atom. The Labute approximate surface area is 176 Å². The van der Waals surface area contributed by atoms with Gasteiger partial charge in [0.1, 0.15) is 17.4 Å². The molecule has 0 aliphatic carbocycles. The Hall–Kier alpha value is -2.85. The number of rotatable bonds is 5. The van der Waals surface area contributed by atoms with Crippen molar-refractivity contribution < 1.29 is 32.5 Å². The number of alkyl halides is 3. The van der Waals surface area contributed by atoms with E-state index in [9.17, 15) is 23.1 Å². The molecule has 0 amide bonds. The number of thiocarbonyl (C=S) groups is 1. The molecule has 10 heteroatoms. The van der Waals surface area contributed by atoms with Gasteiger partial charge in [-0.2, -0.15) is 13.2 Å². The number of benzene rings is 2. The number of carbonyl (C=O) groups excluding carboxylic acids is 1. The number of nitrogens with one attached hydrogen (secondary N) is 2. The smallest absolute Gasteiger partial charge is 0.437 e. The van der Waals surface area contributed by atoms with Gasteiger partial charge in [-0.1, -0.05) is 30.3 Å². The number of aliphatic hydroxyl groups is 1. The predicted molar refractivity (Wildman–Crippen MR) is 106 cm³/mol. The van der Waals surface area contributed by atoms with Crippen molar-refractivity contribution in [1.82, 2.24) is 10.6 Å². The van der Waals surface area contributed by atoms with Gasteiger partial charge in [-0.15, -0.1) is 0 Å². The van der Waals surface area contributed by atoms with Gasteiger partial charge in [-0.05, 0) is 49.0 Å². The average Bonchev–Trinajstić information content (AvgIpc) is 2.67. The zero-order valence-corrected chi connectivity index (χ0v) is 16.6. The van der Waals surface area contributed by atoms with Crippen LogP contribution in [0.25, 0.3) is 0 Å². The molecule has 1 aliphatic rings. The molecule has 1 saturated heterocycles. The molecular formula is C20H19F3N2O4S. The number of hydrogen-bond donors (Lipinski definition) is 3. The highest BCUT2D eigenvalue weighted by Gasteiger charge is 2.66. The molecule has 160 valence electrons. The van der Waals surface area contributed by atoms with Gasteiger partial charge in [0.15, 0.2) is 5.11 Å². The molecule has 3 unspecified atom stereocenters. The van der Waals surface area contributed by atoms with Gasteiger partial charge >= 0.3 is 12.1 Å². The van der Waals surface area contributed by atoms with Crippen LogP contribution in [-0.2, 0) is 9.53 Å². The number of para-hydroxylation sites is 1. The van der Waals surface area contributed by atoms with Crippen molar-refractivity contribution >= 4 is 23.3 Å². The molecule has 30 heavy (non-hydrogen) atoms. The van der Waals surface area contributed by atoms with E-state index in [4.69, 9.17) is 21.7 Å². The summed E-state index contributed by atoms with van der Waals surface area (Å²) in [7, 11) is 0. The highest BCUT2D eigenvalue weighted by Crippen LogP contribution is 2.43.